The first-order valence-electron chi connectivity index (χ1n) is 6.79. The third-order valence-electron chi connectivity index (χ3n) is 3.58. The third kappa shape index (κ3) is 2.22. The zero-order chi connectivity index (χ0) is 13.5. The summed E-state index contributed by atoms with van der Waals surface area (Å²) < 4.78 is 0. The molecule has 0 bridgehead atoms. The maximum absolute atomic E-state index is 4.64. The Labute approximate surface area is 112 Å². The van der Waals surface area contributed by atoms with E-state index in [1.165, 1.54) is 6.42 Å². The zero-order valence-electron chi connectivity index (χ0n) is 11.7. The molecule has 0 saturated carbocycles. The van der Waals surface area contributed by atoms with Crippen LogP contribution in [0.1, 0.15) is 27.2 Å². The van der Waals surface area contributed by atoms with E-state index < -0.39 is 0 Å². The van der Waals surface area contributed by atoms with Gasteiger partial charge in [-0.2, -0.15) is 9.97 Å². The second-order valence-corrected chi connectivity index (χ2v) is 5.84. The summed E-state index contributed by atoms with van der Waals surface area (Å²) >= 11 is 0. The van der Waals surface area contributed by atoms with Gasteiger partial charge in [0.2, 0.25) is 5.95 Å². The second-order valence-electron chi connectivity index (χ2n) is 5.84. The summed E-state index contributed by atoms with van der Waals surface area (Å²) in [5.41, 5.74) is 2.00. The van der Waals surface area contributed by atoms with E-state index >= 15 is 0 Å². The molecule has 1 aliphatic rings. The zero-order valence-corrected chi connectivity index (χ0v) is 11.7. The Morgan fingerprint density at radius 3 is 2.95 bits per heavy atom. The van der Waals surface area contributed by atoms with E-state index in [1.807, 2.05) is 6.92 Å². The van der Waals surface area contributed by atoms with Gasteiger partial charge in [-0.15, -0.1) is 0 Å². The first-order chi connectivity index (χ1) is 9.09. The quantitative estimate of drug-likeness (QED) is 0.883. The average Bonchev–Trinajstić information content (AvgIpc) is 2.94. The molecule has 0 aliphatic carbocycles. The predicted molar refractivity (Wildman–Crippen MR) is 76.5 cm³/mol. The first-order valence-corrected chi connectivity index (χ1v) is 6.79. The molecule has 2 aromatic heterocycles. The molecule has 0 aromatic carbocycles. The van der Waals surface area contributed by atoms with Crippen LogP contribution in [0.15, 0.2) is 6.33 Å². The molecule has 0 radical (unpaired) electrons. The van der Waals surface area contributed by atoms with Crippen molar-refractivity contribution in [1.82, 2.24) is 19.9 Å². The molecular formula is C13H20N6. The molecule has 19 heavy (non-hydrogen) atoms. The highest BCUT2D eigenvalue weighted by molar-refractivity contribution is 5.84. The van der Waals surface area contributed by atoms with Crippen LogP contribution in [0.3, 0.4) is 0 Å². The van der Waals surface area contributed by atoms with Gasteiger partial charge >= 0.3 is 0 Å². The summed E-state index contributed by atoms with van der Waals surface area (Å²) in [5, 5.41) is 3.17. The van der Waals surface area contributed by atoms with Gasteiger partial charge in [-0.25, -0.2) is 4.98 Å². The van der Waals surface area contributed by atoms with E-state index in [4.69, 9.17) is 0 Å². The van der Waals surface area contributed by atoms with Gasteiger partial charge in [0, 0.05) is 19.6 Å². The molecule has 0 atom stereocenters. The highest BCUT2D eigenvalue weighted by Gasteiger charge is 2.31. The van der Waals surface area contributed by atoms with Crippen molar-refractivity contribution >= 4 is 22.9 Å². The monoisotopic (exact) mass is 260 g/mol. The summed E-state index contributed by atoms with van der Waals surface area (Å²) in [5.74, 6) is 1.62. The summed E-state index contributed by atoms with van der Waals surface area (Å²) in [7, 11) is 0. The van der Waals surface area contributed by atoms with Crippen LogP contribution in [0.25, 0.3) is 11.2 Å². The van der Waals surface area contributed by atoms with Gasteiger partial charge in [-0.1, -0.05) is 13.8 Å². The number of aromatic nitrogens is 4. The Morgan fingerprint density at radius 2 is 2.26 bits per heavy atom. The number of fused-ring (bicyclic) bond motifs is 1. The van der Waals surface area contributed by atoms with Crippen LogP contribution in [-0.2, 0) is 0 Å². The van der Waals surface area contributed by atoms with E-state index in [-0.39, 0.29) is 0 Å². The average molecular weight is 260 g/mol. The van der Waals surface area contributed by atoms with Gasteiger partial charge < -0.3 is 15.2 Å². The van der Waals surface area contributed by atoms with Gasteiger partial charge in [-0.3, -0.25) is 0 Å². The molecule has 0 unspecified atom stereocenters. The number of H-pyrrole nitrogens is 1. The molecule has 3 heterocycles. The van der Waals surface area contributed by atoms with Crippen molar-refractivity contribution in [1.29, 1.82) is 0 Å². The van der Waals surface area contributed by atoms with Gasteiger partial charge in [0.05, 0.1) is 6.33 Å². The fourth-order valence-electron chi connectivity index (χ4n) is 2.58. The fraction of sp³-hybridized carbons (Fsp3) is 0.615. The van der Waals surface area contributed by atoms with Crippen molar-refractivity contribution < 1.29 is 0 Å². The first kappa shape index (κ1) is 12.2. The molecule has 3 rings (SSSR count). The van der Waals surface area contributed by atoms with Crippen LogP contribution in [0.4, 0.5) is 11.8 Å². The van der Waals surface area contributed by atoms with Gasteiger partial charge in [0.25, 0.3) is 0 Å². The van der Waals surface area contributed by atoms with E-state index in [2.05, 4.69) is 44.0 Å². The summed E-state index contributed by atoms with van der Waals surface area (Å²) in [6.45, 7) is 9.48. The standard InChI is InChI=1S/C13H20N6/c1-4-14-12-17-10-9(15-8-16-10)11(18-12)19-6-5-13(2,3)7-19/h8H,4-7H2,1-3H3,(H2,14,15,16,17,18). The van der Waals surface area contributed by atoms with Crippen LogP contribution >= 0.6 is 0 Å². The Balaban J connectivity index is 2.03. The van der Waals surface area contributed by atoms with E-state index in [9.17, 15) is 0 Å². The minimum Gasteiger partial charge on any atom is -0.354 e. The minimum atomic E-state index is 0.343. The van der Waals surface area contributed by atoms with Crippen molar-refractivity contribution in [3.63, 3.8) is 0 Å². The molecule has 2 N–H and O–H groups in total. The van der Waals surface area contributed by atoms with Crippen molar-refractivity contribution in [3.8, 4) is 0 Å². The topological polar surface area (TPSA) is 69.7 Å². The van der Waals surface area contributed by atoms with Crippen molar-refractivity contribution in [2.24, 2.45) is 5.41 Å². The number of nitrogens with one attached hydrogen (secondary N) is 2. The summed E-state index contributed by atoms with van der Waals surface area (Å²) in [6, 6.07) is 0. The van der Waals surface area contributed by atoms with Crippen molar-refractivity contribution in [2.45, 2.75) is 27.2 Å². The Hall–Kier alpha value is -1.85. The summed E-state index contributed by atoms with van der Waals surface area (Å²) in [4.78, 5) is 18.8. The fourth-order valence-corrected chi connectivity index (χ4v) is 2.58. The van der Waals surface area contributed by atoms with Gasteiger partial charge in [0.1, 0.15) is 5.52 Å². The molecule has 6 nitrogen and oxygen atoms in total. The Morgan fingerprint density at radius 1 is 1.42 bits per heavy atom. The molecule has 102 valence electrons. The lowest BCUT2D eigenvalue weighted by molar-refractivity contribution is 0.418. The Kier molecular flexibility index (Phi) is 2.80. The van der Waals surface area contributed by atoms with Crippen molar-refractivity contribution in [2.75, 3.05) is 29.9 Å². The molecule has 0 spiro atoms. The number of hydrogen-bond donors (Lipinski definition) is 2. The highest BCUT2D eigenvalue weighted by Crippen LogP contribution is 2.34. The minimum absolute atomic E-state index is 0.343. The maximum atomic E-state index is 4.64. The summed E-state index contributed by atoms with van der Waals surface area (Å²) in [6.07, 6.45) is 2.86. The lowest BCUT2D eigenvalue weighted by atomic mass is 9.93. The van der Waals surface area contributed by atoms with Crippen molar-refractivity contribution in [3.05, 3.63) is 6.33 Å². The van der Waals surface area contributed by atoms with Crippen LogP contribution < -0.4 is 10.2 Å². The Bertz CT molecular complexity index is 588. The van der Waals surface area contributed by atoms with Crippen LogP contribution in [0.2, 0.25) is 0 Å². The molecule has 2 aromatic rings. The highest BCUT2D eigenvalue weighted by atomic mass is 15.3. The normalized spacial score (nSPS) is 18.2. The number of aromatic amines is 1. The van der Waals surface area contributed by atoms with Gasteiger partial charge in [-0.05, 0) is 18.8 Å². The van der Waals surface area contributed by atoms with Crippen LogP contribution in [0, 0.1) is 5.41 Å². The molecule has 1 saturated heterocycles. The lowest BCUT2D eigenvalue weighted by Crippen LogP contribution is -2.24. The molecule has 1 aliphatic heterocycles. The lowest BCUT2D eigenvalue weighted by Gasteiger charge is -2.21. The largest absolute Gasteiger partial charge is 0.354 e. The van der Waals surface area contributed by atoms with Gasteiger partial charge in [0.15, 0.2) is 11.5 Å². The molecule has 1 fully saturated rings. The smallest absolute Gasteiger partial charge is 0.226 e. The van der Waals surface area contributed by atoms with E-state index in [0.29, 0.717) is 11.4 Å². The number of hydrogen-bond acceptors (Lipinski definition) is 5. The predicted octanol–water partition coefficient (Wildman–Crippen LogP) is 2.02. The van der Waals surface area contributed by atoms with Crippen LogP contribution in [0.5, 0.6) is 0 Å². The third-order valence-corrected chi connectivity index (χ3v) is 3.58. The number of nitrogens with zero attached hydrogens (tertiary/aromatic N) is 4. The van der Waals surface area contributed by atoms with E-state index in [1.54, 1.807) is 6.33 Å². The molecule has 6 heteroatoms. The number of imidazole rings is 1. The maximum Gasteiger partial charge on any atom is 0.226 e. The molecule has 0 amide bonds. The molecular weight excluding hydrogens is 240 g/mol. The number of anilines is 2. The number of rotatable bonds is 3. The van der Waals surface area contributed by atoms with E-state index in [0.717, 1.165) is 36.6 Å². The SMILES string of the molecule is CCNc1nc(N2CCC(C)(C)C2)c2[nH]cnc2n1. The second kappa shape index (κ2) is 4.36. The van der Waals surface area contributed by atoms with Crippen LogP contribution in [-0.4, -0.2) is 39.6 Å².